The van der Waals surface area contributed by atoms with Gasteiger partial charge < -0.3 is 0 Å². The van der Waals surface area contributed by atoms with Crippen LogP contribution in [0, 0.1) is 19.8 Å². The van der Waals surface area contributed by atoms with Crippen molar-refractivity contribution in [1.29, 1.82) is 0 Å². The van der Waals surface area contributed by atoms with Gasteiger partial charge >= 0.3 is 0 Å². The fourth-order valence-corrected chi connectivity index (χ4v) is 5.29. The monoisotopic (exact) mass is 404 g/mol. The number of nitrogens with zero attached hydrogens (tertiary/aromatic N) is 2. The topological polar surface area (TPSA) is 49.9 Å². The van der Waals surface area contributed by atoms with Crippen molar-refractivity contribution in [3.8, 4) is 0 Å². The van der Waals surface area contributed by atoms with Gasteiger partial charge in [-0.3, -0.25) is 19.3 Å². The van der Waals surface area contributed by atoms with E-state index in [4.69, 9.17) is 4.84 Å². The van der Waals surface area contributed by atoms with E-state index in [1.165, 1.54) is 6.42 Å². The number of rotatable bonds is 3. The Bertz CT molecular complexity index is 965. The van der Waals surface area contributed by atoms with E-state index in [9.17, 15) is 9.59 Å². The van der Waals surface area contributed by atoms with Crippen molar-refractivity contribution in [3.05, 3.63) is 65.2 Å². The summed E-state index contributed by atoms with van der Waals surface area (Å²) in [6.45, 7) is 4.09. The molecule has 5 rings (SSSR count). The highest BCUT2D eigenvalue weighted by atomic mass is 16.7. The third-order valence-electron chi connectivity index (χ3n) is 6.88. The van der Waals surface area contributed by atoms with Gasteiger partial charge in [0.25, 0.3) is 5.91 Å². The maximum absolute atomic E-state index is 13.6. The molecule has 1 saturated carbocycles. The second kappa shape index (κ2) is 7.55. The van der Waals surface area contributed by atoms with Gasteiger partial charge in [-0.25, -0.2) is 5.06 Å². The second-order valence-electron chi connectivity index (χ2n) is 8.85. The Morgan fingerprint density at radius 3 is 2.27 bits per heavy atom. The summed E-state index contributed by atoms with van der Waals surface area (Å²) in [5, 5.41) is 1.80. The average molecular weight is 405 g/mol. The number of anilines is 1. The van der Waals surface area contributed by atoms with Crippen molar-refractivity contribution >= 4 is 17.5 Å². The molecule has 0 bridgehead atoms. The number of hydrogen-bond donors (Lipinski definition) is 0. The Hall–Kier alpha value is -2.66. The molecule has 0 unspecified atom stereocenters. The summed E-state index contributed by atoms with van der Waals surface area (Å²) < 4.78 is 0. The zero-order chi connectivity index (χ0) is 20.8. The molecule has 2 heterocycles. The van der Waals surface area contributed by atoms with Crippen molar-refractivity contribution in [2.75, 3.05) is 5.06 Å². The molecule has 3 atom stereocenters. The van der Waals surface area contributed by atoms with Crippen LogP contribution in [0.25, 0.3) is 0 Å². The standard InChI is InChI=1S/C25H28N2O3/c1-16-12-14-19(15-13-16)27-22(20-11-7-6-8-17(20)2)21-23(30-27)25(29)26(24(21)28)18-9-4-3-5-10-18/h6-8,11-15,18,21-23H,3-5,9-10H2,1-2H3/t21-,22+,23+/m0/s1. The Morgan fingerprint density at radius 2 is 1.57 bits per heavy atom. The molecular formula is C25H28N2O3. The van der Waals surface area contributed by atoms with E-state index < -0.39 is 12.0 Å². The molecule has 2 saturated heterocycles. The van der Waals surface area contributed by atoms with Gasteiger partial charge in [-0.05, 0) is 49.9 Å². The molecule has 5 nitrogen and oxygen atoms in total. The summed E-state index contributed by atoms with van der Waals surface area (Å²) in [5.74, 6) is -0.744. The summed E-state index contributed by atoms with van der Waals surface area (Å²) in [5.41, 5.74) is 4.16. The van der Waals surface area contributed by atoms with Crippen molar-refractivity contribution in [2.45, 2.75) is 64.1 Å². The number of hydroxylamine groups is 1. The zero-order valence-electron chi connectivity index (χ0n) is 17.6. The summed E-state index contributed by atoms with van der Waals surface area (Å²) in [6, 6.07) is 15.8. The lowest BCUT2D eigenvalue weighted by molar-refractivity contribution is -0.146. The SMILES string of the molecule is Cc1ccc(N2O[C@H]3C(=O)N(C4CCCCC4)C(=O)[C@H]3[C@H]2c2ccccc2C)cc1. The van der Waals surface area contributed by atoms with Crippen LogP contribution in [0.5, 0.6) is 0 Å². The number of carbonyl (C=O) groups excluding carboxylic acids is 2. The number of carbonyl (C=O) groups is 2. The molecule has 2 aromatic rings. The Balaban J connectivity index is 1.56. The second-order valence-corrected chi connectivity index (χ2v) is 8.85. The van der Waals surface area contributed by atoms with Crippen molar-refractivity contribution < 1.29 is 14.4 Å². The molecule has 0 radical (unpaired) electrons. The minimum atomic E-state index is -0.745. The first kappa shape index (κ1) is 19.3. The third kappa shape index (κ3) is 3.03. The summed E-state index contributed by atoms with van der Waals surface area (Å²) in [6.07, 6.45) is 4.42. The number of likely N-dealkylation sites (tertiary alicyclic amines) is 1. The molecule has 0 spiro atoms. The minimum absolute atomic E-state index is 0.0262. The van der Waals surface area contributed by atoms with Crippen LogP contribution in [-0.2, 0) is 14.4 Å². The van der Waals surface area contributed by atoms with Crippen LogP contribution in [-0.4, -0.2) is 28.9 Å². The van der Waals surface area contributed by atoms with Gasteiger partial charge in [0.05, 0.1) is 11.7 Å². The zero-order valence-corrected chi connectivity index (χ0v) is 17.6. The molecule has 0 aromatic heterocycles. The van der Waals surface area contributed by atoms with Gasteiger partial charge in [-0.15, -0.1) is 0 Å². The van der Waals surface area contributed by atoms with Crippen LogP contribution in [0.1, 0.15) is 54.8 Å². The highest BCUT2D eigenvalue weighted by Gasteiger charge is 2.61. The number of aryl methyl sites for hydroxylation is 2. The molecule has 3 fully saturated rings. The first-order valence-electron chi connectivity index (χ1n) is 11.0. The Kier molecular flexibility index (Phi) is 4.86. The van der Waals surface area contributed by atoms with E-state index in [0.29, 0.717) is 0 Å². The molecular weight excluding hydrogens is 376 g/mol. The van der Waals surface area contributed by atoms with Gasteiger partial charge in [0, 0.05) is 6.04 Å². The largest absolute Gasteiger partial charge is 0.277 e. The van der Waals surface area contributed by atoms with Crippen molar-refractivity contribution in [3.63, 3.8) is 0 Å². The molecule has 2 aliphatic heterocycles. The number of imide groups is 1. The number of benzene rings is 2. The van der Waals surface area contributed by atoms with Gasteiger partial charge in [0.1, 0.15) is 5.92 Å². The highest BCUT2D eigenvalue weighted by Crippen LogP contribution is 2.48. The van der Waals surface area contributed by atoms with Crippen LogP contribution in [0.2, 0.25) is 0 Å². The summed E-state index contributed by atoms with van der Waals surface area (Å²) in [7, 11) is 0. The predicted molar refractivity (Wildman–Crippen MR) is 115 cm³/mol. The molecule has 3 aliphatic rings. The van der Waals surface area contributed by atoms with E-state index in [0.717, 1.165) is 48.1 Å². The normalized spacial score (nSPS) is 27.1. The van der Waals surface area contributed by atoms with Crippen LogP contribution in [0.4, 0.5) is 5.69 Å². The maximum atomic E-state index is 13.6. The number of fused-ring (bicyclic) bond motifs is 1. The molecule has 30 heavy (non-hydrogen) atoms. The first-order valence-corrected chi connectivity index (χ1v) is 11.0. The van der Waals surface area contributed by atoms with Crippen LogP contribution in [0.3, 0.4) is 0 Å². The molecule has 5 heteroatoms. The summed E-state index contributed by atoms with van der Waals surface area (Å²) >= 11 is 0. The molecule has 156 valence electrons. The van der Waals surface area contributed by atoms with E-state index in [1.54, 1.807) is 9.96 Å². The molecule has 1 aliphatic carbocycles. The first-order chi connectivity index (χ1) is 14.6. The average Bonchev–Trinajstić information content (AvgIpc) is 3.26. The molecule has 0 N–H and O–H groups in total. The van der Waals surface area contributed by atoms with Gasteiger partial charge in [-0.2, -0.15) is 0 Å². The quantitative estimate of drug-likeness (QED) is 0.708. The lowest BCUT2D eigenvalue weighted by atomic mass is 9.88. The van der Waals surface area contributed by atoms with E-state index in [1.807, 2.05) is 49.4 Å². The minimum Gasteiger partial charge on any atom is -0.277 e. The fraction of sp³-hybridized carbons (Fsp3) is 0.440. The lowest BCUT2D eigenvalue weighted by Crippen LogP contribution is -2.44. The highest BCUT2D eigenvalue weighted by molar-refractivity contribution is 6.08. The fourth-order valence-electron chi connectivity index (χ4n) is 5.29. The van der Waals surface area contributed by atoms with Crippen LogP contribution < -0.4 is 5.06 Å². The van der Waals surface area contributed by atoms with E-state index >= 15 is 0 Å². The maximum Gasteiger partial charge on any atom is 0.262 e. The van der Waals surface area contributed by atoms with Gasteiger partial charge in [0.15, 0.2) is 6.10 Å². The molecule has 2 amide bonds. The van der Waals surface area contributed by atoms with Crippen molar-refractivity contribution in [2.24, 2.45) is 5.92 Å². The molecule has 2 aromatic carbocycles. The van der Waals surface area contributed by atoms with Gasteiger partial charge in [0.2, 0.25) is 5.91 Å². The number of hydrogen-bond acceptors (Lipinski definition) is 4. The van der Waals surface area contributed by atoms with Crippen molar-refractivity contribution in [1.82, 2.24) is 4.90 Å². The Labute approximate surface area is 177 Å². The van der Waals surface area contributed by atoms with Gasteiger partial charge in [-0.1, -0.05) is 61.2 Å². The lowest BCUT2D eigenvalue weighted by Gasteiger charge is -2.33. The summed E-state index contributed by atoms with van der Waals surface area (Å²) in [4.78, 5) is 34.8. The van der Waals surface area contributed by atoms with E-state index in [-0.39, 0.29) is 23.9 Å². The van der Waals surface area contributed by atoms with Crippen LogP contribution in [0.15, 0.2) is 48.5 Å². The Morgan fingerprint density at radius 1 is 0.867 bits per heavy atom. The van der Waals surface area contributed by atoms with Crippen LogP contribution >= 0.6 is 0 Å². The third-order valence-corrected chi connectivity index (χ3v) is 6.88. The predicted octanol–water partition coefficient (Wildman–Crippen LogP) is 4.48. The number of amides is 2. The van der Waals surface area contributed by atoms with E-state index in [2.05, 4.69) is 13.0 Å². The smallest absolute Gasteiger partial charge is 0.262 e.